The predicted octanol–water partition coefficient (Wildman–Crippen LogP) is 3.31. The van der Waals surface area contributed by atoms with Crippen molar-refractivity contribution in [1.29, 1.82) is 0 Å². The first kappa shape index (κ1) is 17.1. The number of carbonyl (C=O) groups is 1. The van der Waals surface area contributed by atoms with E-state index in [-0.39, 0.29) is 5.91 Å². The van der Waals surface area contributed by atoms with Gasteiger partial charge in [-0.2, -0.15) is 9.61 Å². The molecule has 0 bridgehead atoms. The molecule has 142 valence electrons. The number of rotatable bonds is 3. The number of pyridine rings is 1. The summed E-state index contributed by atoms with van der Waals surface area (Å²) in [6.45, 7) is 3.69. The van der Waals surface area contributed by atoms with E-state index < -0.39 is 0 Å². The molecule has 0 unspecified atom stereocenters. The zero-order chi connectivity index (χ0) is 20.0. The van der Waals surface area contributed by atoms with Crippen LogP contribution in [0.15, 0.2) is 60.8 Å². The highest BCUT2D eigenvalue weighted by atomic mass is 16.2. The quantitative estimate of drug-likeness (QED) is 0.516. The maximum absolute atomic E-state index is 12.9. The van der Waals surface area contributed by atoms with Crippen molar-refractivity contribution in [2.24, 2.45) is 0 Å². The first-order chi connectivity index (χ1) is 14.1. The van der Waals surface area contributed by atoms with Gasteiger partial charge in [0.2, 0.25) is 0 Å². The Labute approximate surface area is 165 Å². The van der Waals surface area contributed by atoms with Gasteiger partial charge in [-0.1, -0.05) is 18.2 Å². The third kappa shape index (κ3) is 2.91. The van der Waals surface area contributed by atoms with Crippen molar-refractivity contribution < 1.29 is 4.79 Å². The summed E-state index contributed by atoms with van der Waals surface area (Å²) in [5.41, 5.74) is 4.96. The number of aryl methyl sites for hydroxylation is 2. The highest BCUT2D eigenvalue weighted by Crippen LogP contribution is 2.22. The lowest BCUT2D eigenvalue weighted by Gasteiger charge is -2.08. The van der Waals surface area contributed by atoms with E-state index in [1.54, 1.807) is 8.92 Å². The van der Waals surface area contributed by atoms with Crippen molar-refractivity contribution in [1.82, 2.24) is 29.2 Å². The molecule has 0 radical (unpaired) electrons. The van der Waals surface area contributed by atoms with Crippen LogP contribution in [0.2, 0.25) is 0 Å². The van der Waals surface area contributed by atoms with Crippen LogP contribution in [0.3, 0.4) is 0 Å². The van der Waals surface area contributed by atoms with Crippen LogP contribution in [0.5, 0.6) is 0 Å². The van der Waals surface area contributed by atoms with Gasteiger partial charge < -0.3 is 5.32 Å². The third-order valence-electron chi connectivity index (χ3n) is 4.75. The van der Waals surface area contributed by atoms with Crippen LogP contribution in [0.25, 0.3) is 22.6 Å². The number of nitrogens with zero attached hydrogens (tertiary/aromatic N) is 6. The molecule has 8 nitrogen and oxygen atoms in total. The molecule has 1 aromatic carbocycles. The topological polar surface area (TPSA) is 89.5 Å². The molecule has 0 saturated heterocycles. The molecular formula is C21H17N7O. The van der Waals surface area contributed by atoms with Crippen LogP contribution in [0, 0.1) is 13.8 Å². The minimum Gasteiger partial charge on any atom is -0.321 e. The van der Waals surface area contributed by atoms with E-state index in [1.807, 2.05) is 74.6 Å². The molecular weight excluding hydrogens is 366 g/mol. The SMILES string of the molecule is Cc1nc2ccccn2c1C(=O)Nc1cccc(-c2ccc3nnc(C)n3n2)c1. The predicted molar refractivity (Wildman–Crippen MR) is 109 cm³/mol. The van der Waals surface area contributed by atoms with E-state index in [4.69, 9.17) is 0 Å². The minimum atomic E-state index is -0.212. The second kappa shape index (κ2) is 6.52. The fourth-order valence-corrected chi connectivity index (χ4v) is 3.38. The van der Waals surface area contributed by atoms with Crippen LogP contribution in [-0.2, 0) is 0 Å². The number of hydrogen-bond donors (Lipinski definition) is 1. The van der Waals surface area contributed by atoms with E-state index in [1.165, 1.54) is 0 Å². The molecule has 4 aromatic heterocycles. The standard InChI is InChI=1S/C21H17N7O/c1-13-20(27-11-4-3-8-18(27)22-13)21(29)23-16-7-5-6-15(12-16)17-9-10-19-25-24-14(2)28(19)26-17/h3-12H,1-2H3,(H,23,29). The van der Waals surface area contributed by atoms with Crippen molar-refractivity contribution >= 4 is 22.9 Å². The van der Waals surface area contributed by atoms with Crippen LogP contribution >= 0.6 is 0 Å². The average molecular weight is 383 g/mol. The van der Waals surface area contributed by atoms with Crippen molar-refractivity contribution in [3.8, 4) is 11.3 Å². The maximum Gasteiger partial charge on any atom is 0.274 e. The number of hydrogen-bond acceptors (Lipinski definition) is 5. The summed E-state index contributed by atoms with van der Waals surface area (Å²) < 4.78 is 3.49. The number of imidazole rings is 1. The number of amides is 1. The molecule has 0 fully saturated rings. The molecule has 0 saturated carbocycles. The fraction of sp³-hybridized carbons (Fsp3) is 0.0952. The molecule has 0 spiro atoms. The Bertz CT molecular complexity index is 1380. The zero-order valence-electron chi connectivity index (χ0n) is 15.9. The van der Waals surface area contributed by atoms with Crippen molar-refractivity contribution in [3.05, 3.63) is 78.0 Å². The Morgan fingerprint density at radius 1 is 0.966 bits per heavy atom. The van der Waals surface area contributed by atoms with Crippen molar-refractivity contribution in [3.63, 3.8) is 0 Å². The molecule has 5 aromatic rings. The molecule has 0 aliphatic heterocycles. The number of benzene rings is 1. The summed E-state index contributed by atoms with van der Waals surface area (Å²) in [6.07, 6.45) is 1.83. The van der Waals surface area contributed by atoms with E-state index in [9.17, 15) is 4.79 Å². The van der Waals surface area contributed by atoms with Gasteiger partial charge in [0, 0.05) is 17.4 Å². The lowest BCUT2D eigenvalue weighted by Crippen LogP contribution is -2.15. The molecule has 0 aliphatic carbocycles. The van der Waals surface area contributed by atoms with Gasteiger partial charge in [-0.25, -0.2) is 4.98 Å². The van der Waals surface area contributed by atoms with Crippen LogP contribution in [0.4, 0.5) is 5.69 Å². The normalized spacial score (nSPS) is 11.2. The summed E-state index contributed by atoms with van der Waals surface area (Å²) in [4.78, 5) is 17.4. The fourth-order valence-electron chi connectivity index (χ4n) is 3.38. The number of nitrogens with one attached hydrogen (secondary N) is 1. The Kier molecular flexibility index (Phi) is 3.83. The average Bonchev–Trinajstić information content (AvgIpc) is 3.27. The summed E-state index contributed by atoms with van der Waals surface area (Å²) in [5, 5.41) is 15.7. The van der Waals surface area contributed by atoms with E-state index >= 15 is 0 Å². The van der Waals surface area contributed by atoms with Crippen LogP contribution < -0.4 is 5.32 Å². The lowest BCUT2D eigenvalue weighted by molar-refractivity contribution is 0.102. The van der Waals surface area contributed by atoms with Gasteiger partial charge in [-0.05, 0) is 50.2 Å². The van der Waals surface area contributed by atoms with E-state index in [2.05, 4.69) is 25.6 Å². The van der Waals surface area contributed by atoms with Crippen LogP contribution in [0.1, 0.15) is 22.0 Å². The van der Waals surface area contributed by atoms with Crippen molar-refractivity contribution in [2.45, 2.75) is 13.8 Å². The maximum atomic E-state index is 12.9. The highest BCUT2D eigenvalue weighted by molar-refractivity contribution is 6.04. The smallest absolute Gasteiger partial charge is 0.274 e. The van der Waals surface area contributed by atoms with Crippen LogP contribution in [-0.4, -0.2) is 35.1 Å². The Hall–Kier alpha value is -4.07. The molecule has 0 aliphatic rings. The Morgan fingerprint density at radius 2 is 1.86 bits per heavy atom. The lowest BCUT2D eigenvalue weighted by atomic mass is 10.1. The first-order valence-electron chi connectivity index (χ1n) is 9.15. The molecule has 1 amide bonds. The van der Waals surface area contributed by atoms with Gasteiger partial charge in [0.15, 0.2) is 11.5 Å². The minimum absolute atomic E-state index is 0.212. The number of aromatic nitrogens is 6. The third-order valence-corrected chi connectivity index (χ3v) is 4.75. The summed E-state index contributed by atoms with van der Waals surface area (Å²) in [5.74, 6) is 0.505. The molecule has 29 heavy (non-hydrogen) atoms. The molecule has 5 rings (SSSR count). The molecule has 8 heteroatoms. The number of fused-ring (bicyclic) bond motifs is 2. The van der Waals surface area contributed by atoms with E-state index in [0.717, 1.165) is 22.7 Å². The molecule has 4 heterocycles. The summed E-state index contributed by atoms with van der Waals surface area (Å²) in [6, 6.07) is 17.0. The molecule has 1 N–H and O–H groups in total. The summed E-state index contributed by atoms with van der Waals surface area (Å²) in [7, 11) is 0. The van der Waals surface area contributed by atoms with Gasteiger partial charge >= 0.3 is 0 Å². The number of anilines is 1. The van der Waals surface area contributed by atoms with Gasteiger partial charge in [0.1, 0.15) is 11.3 Å². The zero-order valence-corrected chi connectivity index (χ0v) is 15.9. The number of carbonyl (C=O) groups excluding carboxylic acids is 1. The first-order valence-corrected chi connectivity index (χ1v) is 9.15. The van der Waals surface area contributed by atoms with E-state index in [0.29, 0.717) is 22.7 Å². The van der Waals surface area contributed by atoms with Gasteiger partial charge in [0.25, 0.3) is 5.91 Å². The van der Waals surface area contributed by atoms with Gasteiger partial charge in [-0.15, -0.1) is 10.2 Å². The second-order valence-corrected chi connectivity index (χ2v) is 6.75. The Balaban J connectivity index is 1.48. The largest absolute Gasteiger partial charge is 0.321 e. The molecule has 0 atom stereocenters. The highest BCUT2D eigenvalue weighted by Gasteiger charge is 2.16. The second-order valence-electron chi connectivity index (χ2n) is 6.75. The van der Waals surface area contributed by atoms with Gasteiger partial charge in [-0.3, -0.25) is 9.20 Å². The van der Waals surface area contributed by atoms with Gasteiger partial charge in [0.05, 0.1) is 11.4 Å². The van der Waals surface area contributed by atoms with Crippen molar-refractivity contribution in [2.75, 3.05) is 5.32 Å². The Morgan fingerprint density at radius 3 is 2.76 bits per heavy atom. The monoisotopic (exact) mass is 383 g/mol. The summed E-state index contributed by atoms with van der Waals surface area (Å²) >= 11 is 0.